The van der Waals surface area contributed by atoms with E-state index in [1.165, 1.54) is 16.7 Å². The first-order valence-corrected chi connectivity index (χ1v) is 9.98. The fourth-order valence-corrected chi connectivity index (χ4v) is 4.71. The van der Waals surface area contributed by atoms with Crippen molar-refractivity contribution >= 4 is 10.0 Å². The normalized spacial score (nSPS) is 16.3. The predicted octanol–water partition coefficient (Wildman–Crippen LogP) is 4.14. The molecule has 3 rings (SSSR count). The Bertz CT molecular complexity index is 839. The Labute approximate surface area is 145 Å². The maximum absolute atomic E-state index is 13.1. The first kappa shape index (κ1) is 17.2. The summed E-state index contributed by atoms with van der Waals surface area (Å²) in [5, 5.41) is 0. The molecule has 1 aliphatic heterocycles. The maximum Gasteiger partial charge on any atom is 0.243 e. The van der Waals surface area contributed by atoms with E-state index in [4.69, 9.17) is 0 Å². The topological polar surface area (TPSA) is 37.4 Å². The van der Waals surface area contributed by atoms with E-state index in [-0.39, 0.29) is 0 Å². The van der Waals surface area contributed by atoms with E-state index < -0.39 is 10.0 Å². The zero-order chi connectivity index (χ0) is 17.3. The number of aryl methyl sites for hydroxylation is 4. The molecule has 0 radical (unpaired) electrons. The highest BCUT2D eigenvalue weighted by Gasteiger charge is 2.26. The Kier molecular flexibility index (Phi) is 4.79. The van der Waals surface area contributed by atoms with Gasteiger partial charge in [0, 0.05) is 13.1 Å². The van der Waals surface area contributed by atoms with Crippen molar-refractivity contribution in [2.75, 3.05) is 6.54 Å². The molecule has 0 amide bonds. The second-order valence-electron chi connectivity index (χ2n) is 6.81. The van der Waals surface area contributed by atoms with Gasteiger partial charge in [0.1, 0.15) is 0 Å². The minimum Gasteiger partial charge on any atom is -0.207 e. The largest absolute Gasteiger partial charge is 0.243 e. The predicted molar refractivity (Wildman–Crippen MR) is 97.6 cm³/mol. The van der Waals surface area contributed by atoms with Crippen molar-refractivity contribution in [3.8, 4) is 0 Å². The molecule has 0 atom stereocenters. The van der Waals surface area contributed by atoms with Crippen LogP contribution >= 0.6 is 0 Å². The minimum atomic E-state index is -3.45. The first-order valence-electron chi connectivity index (χ1n) is 8.54. The van der Waals surface area contributed by atoms with Gasteiger partial charge in [-0.05, 0) is 74.4 Å². The Morgan fingerprint density at radius 3 is 2.17 bits per heavy atom. The number of rotatable bonds is 2. The summed E-state index contributed by atoms with van der Waals surface area (Å²) in [5.74, 6) is 0. The van der Waals surface area contributed by atoms with Gasteiger partial charge in [0.15, 0.2) is 0 Å². The van der Waals surface area contributed by atoms with Crippen LogP contribution in [0.4, 0.5) is 0 Å². The molecule has 0 saturated heterocycles. The van der Waals surface area contributed by atoms with Crippen molar-refractivity contribution < 1.29 is 8.42 Å². The van der Waals surface area contributed by atoms with Gasteiger partial charge in [-0.15, -0.1) is 0 Å². The van der Waals surface area contributed by atoms with Crippen molar-refractivity contribution in [2.45, 2.75) is 51.5 Å². The van der Waals surface area contributed by atoms with E-state index in [2.05, 4.69) is 26.0 Å². The minimum absolute atomic E-state index is 0.388. The Balaban J connectivity index is 1.98. The molecule has 2 aromatic rings. The van der Waals surface area contributed by atoms with Gasteiger partial charge in [0.2, 0.25) is 10.0 Å². The molecule has 0 spiro atoms. The summed E-state index contributed by atoms with van der Waals surface area (Å²) in [7, 11) is -3.45. The van der Waals surface area contributed by atoms with Crippen LogP contribution in [0.5, 0.6) is 0 Å². The molecule has 0 unspecified atom stereocenters. The van der Waals surface area contributed by atoms with Crippen LogP contribution in [-0.4, -0.2) is 19.3 Å². The number of fused-ring (bicyclic) bond motifs is 1. The van der Waals surface area contributed by atoms with Gasteiger partial charge in [0.05, 0.1) is 4.90 Å². The van der Waals surface area contributed by atoms with E-state index in [1.807, 2.05) is 19.1 Å². The zero-order valence-corrected chi connectivity index (χ0v) is 15.5. The number of nitrogens with zero attached hydrogens (tertiary/aromatic N) is 1. The van der Waals surface area contributed by atoms with Crippen LogP contribution in [0, 0.1) is 20.8 Å². The molecule has 3 nitrogen and oxygen atoms in total. The lowest BCUT2D eigenvalue weighted by atomic mass is 9.95. The number of benzene rings is 2. The standard InChI is InChI=1S/C20H25NO2S/c1-15-7-9-20(10-8-15)24(22,23)21-11-5-4-6-18-12-16(2)17(3)13-19(18)14-21/h7-10,12-13H,4-6,11,14H2,1-3H3. The highest BCUT2D eigenvalue weighted by atomic mass is 32.2. The number of hydrogen-bond acceptors (Lipinski definition) is 2. The first-order chi connectivity index (χ1) is 11.4. The molecule has 0 N–H and O–H groups in total. The highest BCUT2D eigenvalue weighted by Crippen LogP contribution is 2.26. The average Bonchev–Trinajstić information content (AvgIpc) is 2.52. The molecule has 1 aliphatic rings. The molecule has 1 heterocycles. The molecule has 24 heavy (non-hydrogen) atoms. The zero-order valence-electron chi connectivity index (χ0n) is 14.7. The number of sulfonamides is 1. The third-order valence-corrected chi connectivity index (χ3v) is 6.78. The number of hydrogen-bond donors (Lipinski definition) is 0. The summed E-state index contributed by atoms with van der Waals surface area (Å²) in [6, 6.07) is 11.5. The van der Waals surface area contributed by atoms with E-state index in [9.17, 15) is 8.42 Å². The van der Waals surface area contributed by atoms with Crippen LogP contribution < -0.4 is 0 Å². The third-order valence-electron chi connectivity index (χ3n) is 4.93. The summed E-state index contributed by atoms with van der Waals surface area (Å²) < 4.78 is 27.7. The van der Waals surface area contributed by atoms with E-state index in [1.54, 1.807) is 16.4 Å². The molecule has 4 heteroatoms. The summed E-state index contributed by atoms with van der Waals surface area (Å²) in [6.45, 7) is 7.23. The molecule has 0 aromatic heterocycles. The molecular weight excluding hydrogens is 318 g/mol. The van der Waals surface area contributed by atoms with E-state index in [0.29, 0.717) is 18.0 Å². The van der Waals surface area contributed by atoms with Crippen molar-refractivity contribution in [1.29, 1.82) is 0 Å². The monoisotopic (exact) mass is 343 g/mol. The van der Waals surface area contributed by atoms with Crippen molar-refractivity contribution in [3.05, 3.63) is 64.2 Å². The summed E-state index contributed by atoms with van der Waals surface area (Å²) in [5.41, 5.74) is 6.01. The fourth-order valence-electron chi connectivity index (χ4n) is 3.25. The second-order valence-corrected chi connectivity index (χ2v) is 8.75. The summed E-state index contributed by atoms with van der Waals surface area (Å²) in [4.78, 5) is 0.388. The van der Waals surface area contributed by atoms with Crippen LogP contribution in [-0.2, 0) is 23.0 Å². The Morgan fingerprint density at radius 2 is 1.50 bits per heavy atom. The molecule has 2 aromatic carbocycles. The lowest BCUT2D eigenvalue weighted by Gasteiger charge is -2.26. The molecule has 0 saturated carbocycles. The molecule has 0 fully saturated rings. The maximum atomic E-state index is 13.1. The van der Waals surface area contributed by atoms with Crippen LogP contribution in [0.2, 0.25) is 0 Å². The Morgan fingerprint density at radius 1 is 0.875 bits per heavy atom. The molecular formula is C20H25NO2S. The van der Waals surface area contributed by atoms with Crippen molar-refractivity contribution in [3.63, 3.8) is 0 Å². The molecule has 0 aliphatic carbocycles. The fraction of sp³-hybridized carbons (Fsp3) is 0.400. The lowest BCUT2D eigenvalue weighted by molar-refractivity contribution is 0.386. The SMILES string of the molecule is Cc1ccc(S(=O)(=O)N2CCCCc3cc(C)c(C)cc3C2)cc1. The lowest BCUT2D eigenvalue weighted by Crippen LogP contribution is -2.33. The van der Waals surface area contributed by atoms with Gasteiger partial charge in [-0.2, -0.15) is 4.31 Å². The average molecular weight is 343 g/mol. The molecule has 128 valence electrons. The van der Waals surface area contributed by atoms with Crippen LogP contribution in [0.25, 0.3) is 0 Å². The second kappa shape index (κ2) is 6.69. The van der Waals surface area contributed by atoms with Gasteiger partial charge in [-0.1, -0.05) is 29.8 Å². The van der Waals surface area contributed by atoms with Crippen LogP contribution in [0.3, 0.4) is 0 Å². The Hall–Kier alpha value is -1.65. The smallest absolute Gasteiger partial charge is 0.207 e. The van der Waals surface area contributed by atoms with Gasteiger partial charge < -0.3 is 0 Å². The van der Waals surface area contributed by atoms with E-state index in [0.717, 1.165) is 30.4 Å². The van der Waals surface area contributed by atoms with Crippen molar-refractivity contribution in [2.24, 2.45) is 0 Å². The van der Waals surface area contributed by atoms with Crippen molar-refractivity contribution in [1.82, 2.24) is 4.31 Å². The van der Waals surface area contributed by atoms with Gasteiger partial charge in [-0.3, -0.25) is 0 Å². The quantitative estimate of drug-likeness (QED) is 0.822. The van der Waals surface area contributed by atoms with Gasteiger partial charge in [0.25, 0.3) is 0 Å². The van der Waals surface area contributed by atoms with Gasteiger partial charge >= 0.3 is 0 Å². The third kappa shape index (κ3) is 3.40. The van der Waals surface area contributed by atoms with Crippen LogP contribution in [0.1, 0.15) is 40.7 Å². The summed E-state index contributed by atoms with van der Waals surface area (Å²) in [6.07, 6.45) is 2.96. The highest BCUT2D eigenvalue weighted by molar-refractivity contribution is 7.89. The summed E-state index contributed by atoms with van der Waals surface area (Å²) >= 11 is 0. The molecule has 0 bridgehead atoms. The van der Waals surface area contributed by atoms with E-state index >= 15 is 0 Å². The van der Waals surface area contributed by atoms with Gasteiger partial charge in [-0.25, -0.2) is 8.42 Å². The van der Waals surface area contributed by atoms with Crippen LogP contribution in [0.15, 0.2) is 41.3 Å².